The van der Waals surface area contributed by atoms with Gasteiger partial charge in [-0.2, -0.15) is 4.31 Å². The Kier molecular flexibility index (Phi) is 8.75. The van der Waals surface area contributed by atoms with Crippen LogP contribution in [0.4, 0.5) is 0 Å². The van der Waals surface area contributed by atoms with Crippen LogP contribution in [0.2, 0.25) is 0 Å². The Balaban J connectivity index is 3.03. The van der Waals surface area contributed by atoms with Gasteiger partial charge in [0.1, 0.15) is 0 Å². The van der Waals surface area contributed by atoms with Crippen molar-refractivity contribution in [1.29, 1.82) is 0 Å². The molecule has 0 fully saturated rings. The third-order valence-electron chi connectivity index (χ3n) is 4.01. The molecule has 0 aliphatic carbocycles. The van der Waals surface area contributed by atoms with Crippen molar-refractivity contribution in [3.63, 3.8) is 0 Å². The van der Waals surface area contributed by atoms with E-state index in [1.54, 1.807) is 35.2 Å². The van der Waals surface area contributed by atoms with Crippen LogP contribution in [-0.2, 0) is 14.8 Å². The summed E-state index contributed by atoms with van der Waals surface area (Å²) in [4.78, 5) is 14.0. The number of carbonyl (C=O) groups is 1. The van der Waals surface area contributed by atoms with E-state index in [0.29, 0.717) is 13.1 Å². The molecule has 0 radical (unpaired) electrons. The average molecular weight is 379 g/mol. The summed E-state index contributed by atoms with van der Waals surface area (Å²) in [6, 6.07) is 6.80. The number of hydrogen-bond acceptors (Lipinski definition) is 3. The van der Waals surface area contributed by atoms with Gasteiger partial charge >= 0.3 is 0 Å². The van der Waals surface area contributed by atoms with Crippen LogP contribution in [0.25, 0.3) is 0 Å². The van der Waals surface area contributed by atoms with Crippen molar-refractivity contribution in [2.24, 2.45) is 0 Å². The summed E-state index contributed by atoms with van der Waals surface area (Å²) < 4.78 is 27.3. The standard InChI is InChI=1S/C20H30N2O3S/c1-6-21(7-2)20(23)9-8-15-22(16-14-17(3)4)26(24,25)19-12-10-18(5)11-13-19/h8-14H,6-7,15-16H2,1-5H3/b9-8+. The molecule has 144 valence electrons. The van der Waals surface area contributed by atoms with E-state index in [2.05, 4.69) is 0 Å². The first-order valence-electron chi connectivity index (χ1n) is 8.88. The highest BCUT2D eigenvalue weighted by atomic mass is 32.2. The minimum atomic E-state index is -3.63. The predicted octanol–water partition coefficient (Wildman–Crippen LogP) is 3.38. The maximum absolute atomic E-state index is 12.9. The summed E-state index contributed by atoms with van der Waals surface area (Å²) in [6.07, 6.45) is 4.93. The summed E-state index contributed by atoms with van der Waals surface area (Å²) in [6.45, 7) is 11.3. The average Bonchev–Trinajstić information content (AvgIpc) is 2.58. The molecule has 0 aliphatic rings. The van der Waals surface area contributed by atoms with Crippen LogP contribution in [0, 0.1) is 6.92 Å². The minimum absolute atomic E-state index is 0.107. The predicted molar refractivity (Wildman–Crippen MR) is 106 cm³/mol. The van der Waals surface area contributed by atoms with Crippen LogP contribution >= 0.6 is 0 Å². The zero-order valence-corrected chi connectivity index (χ0v) is 17.2. The van der Waals surface area contributed by atoms with E-state index >= 15 is 0 Å². The van der Waals surface area contributed by atoms with Gasteiger partial charge in [0, 0.05) is 32.3 Å². The lowest BCUT2D eigenvalue weighted by molar-refractivity contribution is -0.125. The zero-order chi connectivity index (χ0) is 19.7. The molecule has 0 saturated heterocycles. The molecule has 0 unspecified atom stereocenters. The third-order valence-corrected chi connectivity index (χ3v) is 5.85. The number of likely N-dealkylation sites (N-methyl/N-ethyl adjacent to an activating group) is 1. The van der Waals surface area contributed by atoms with Crippen LogP contribution < -0.4 is 0 Å². The van der Waals surface area contributed by atoms with E-state index in [0.717, 1.165) is 11.1 Å². The molecule has 0 heterocycles. The molecule has 0 aliphatic heterocycles. The second-order valence-electron chi connectivity index (χ2n) is 6.33. The van der Waals surface area contributed by atoms with Gasteiger partial charge in [-0.15, -0.1) is 0 Å². The fourth-order valence-corrected chi connectivity index (χ4v) is 3.66. The monoisotopic (exact) mass is 378 g/mol. The lowest BCUT2D eigenvalue weighted by atomic mass is 10.2. The maximum Gasteiger partial charge on any atom is 0.246 e. The van der Waals surface area contributed by atoms with Gasteiger partial charge in [-0.3, -0.25) is 4.79 Å². The third kappa shape index (κ3) is 6.42. The SMILES string of the molecule is CCN(CC)C(=O)/C=C/CN(CC=C(C)C)S(=O)(=O)c1ccc(C)cc1. The minimum Gasteiger partial charge on any atom is -0.340 e. The number of carbonyl (C=O) groups excluding carboxylic acids is 1. The van der Waals surface area contributed by atoms with Crippen LogP contribution in [0.3, 0.4) is 0 Å². The van der Waals surface area contributed by atoms with Gasteiger partial charge in [-0.05, 0) is 46.8 Å². The Bertz CT molecular complexity index is 742. The quantitative estimate of drug-likeness (QED) is 0.489. The molecular weight excluding hydrogens is 348 g/mol. The molecule has 0 N–H and O–H groups in total. The number of aryl methyl sites for hydroxylation is 1. The van der Waals surface area contributed by atoms with Gasteiger partial charge in [0.25, 0.3) is 0 Å². The van der Waals surface area contributed by atoms with Crippen LogP contribution in [0.15, 0.2) is 53.0 Å². The molecular formula is C20H30N2O3S. The van der Waals surface area contributed by atoms with E-state index in [9.17, 15) is 13.2 Å². The second kappa shape index (κ2) is 10.3. The number of hydrogen-bond donors (Lipinski definition) is 0. The Morgan fingerprint density at radius 2 is 1.62 bits per heavy atom. The van der Waals surface area contributed by atoms with Crippen molar-refractivity contribution in [2.45, 2.75) is 39.5 Å². The van der Waals surface area contributed by atoms with Crippen molar-refractivity contribution in [3.05, 3.63) is 53.6 Å². The Labute approximate surface area is 158 Å². The van der Waals surface area contributed by atoms with Crippen molar-refractivity contribution >= 4 is 15.9 Å². The van der Waals surface area contributed by atoms with Gasteiger partial charge in [-0.25, -0.2) is 8.42 Å². The molecule has 1 aromatic rings. The number of sulfonamides is 1. The highest BCUT2D eigenvalue weighted by Gasteiger charge is 2.22. The summed E-state index contributed by atoms with van der Waals surface area (Å²) >= 11 is 0. The normalized spacial score (nSPS) is 11.8. The second-order valence-corrected chi connectivity index (χ2v) is 8.27. The molecule has 0 bridgehead atoms. The molecule has 0 spiro atoms. The summed E-state index contributed by atoms with van der Waals surface area (Å²) in [5, 5.41) is 0. The molecule has 6 heteroatoms. The highest BCUT2D eigenvalue weighted by molar-refractivity contribution is 7.89. The topological polar surface area (TPSA) is 57.7 Å². The Morgan fingerprint density at radius 1 is 1.04 bits per heavy atom. The number of amides is 1. The molecule has 0 atom stereocenters. The van der Waals surface area contributed by atoms with Crippen molar-refractivity contribution in [2.75, 3.05) is 26.2 Å². The molecule has 26 heavy (non-hydrogen) atoms. The van der Waals surface area contributed by atoms with Crippen LogP contribution in [-0.4, -0.2) is 49.7 Å². The lowest BCUT2D eigenvalue weighted by Crippen LogP contribution is -2.32. The van der Waals surface area contributed by atoms with Gasteiger partial charge in [0.2, 0.25) is 15.9 Å². The molecule has 0 saturated carbocycles. The summed E-state index contributed by atoms with van der Waals surface area (Å²) in [7, 11) is -3.63. The van der Waals surface area contributed by atoms with Crippen LogP contribution in [0.5, 0.6) is 0 Å². The number of allylic oxidation sites excluding steroid dienone is 1. The summed E-state index contributed by atoms with van der Waals surface area (Å²) in [5.74, 6) is -0.107. The maximum atomic E-state index is 12.9. The van der Waals surface area contributed by atoms with E-state index < -0.39 is 10.0 Å². The van der Waals surface area contributed by atoms with Crippen LogP contribution in [0.1, 0.15) is 33.3 Å². The number of rotatable bonds is 9. The molecule has 5 nitrogen and oxygen atoms in total. The highest BCUT2D eigenvalue weighted by Crippen LogP contribution is 2.16. The van der Waals surface area contributed by atoms with Crippen molar-refractivity contribution in [1.82, 2.24) is 9.21 Å². The van der Waals surface area contributed by atoms with Gasteiger partial charge in [-0.1, -0.05) is 35.4 Å². The van der Waals surface area contributed by atoms with E-state index in [1.165, 1.54) is 10.4 Å². The fraction of sp³-hybridized carbons (Fsp3) is 0.450. The van der Waals surface area contributed by atoms with Crippen molar-refractivity contribution < 1.29 is 13.2 Å². The van der Waals surface area contributed by atoms with Gasteiger partial charge < -0.3 is 4.90 Å². The fourth-order valence-electron chi connectivity index (χ4n) is 2.33. The smallest absolute Gasteiger partial charge is 0.246 e. The first-order valence-corrected chi connectivity index (χ1v) is 10.3. The van der Waals surface area contributed by atoms with E-state index in [-0.39, 0.29) is 23.9 Å². The van der Waals surface area contributed by atoms with E-state index in [4.69, 9.17) is 0 Å². The first kappa shape index (κ1) is 22.1. The van der Waals surface area contributed by atoms with Gasteiger partial charge in [0.15, 0.2) is 0 Å². The molecule has 1 aromatic carbocycles. The Hall–Kier alpha value is -1.92. The first-order chi connectivity index (χ1) is 12.2. The number of nitrogens with zero attached hydrogens (tertiary/aromatic N) is 2. The molecule has 1 amide bonds. The van der Waals surface area contributed by atoms with Crippen molar-refractivity contribution in [3.8, 4) is 0 Å². The lowest BCUT2D eigenvalue weighted by Gasteiger charge is -2.20. The summed E-state index contributed by atoms with van der Waals surface area (Å²) in [5.41, 5.74) is 2.04. The largest absolute Gasteiger partial charge is 0.340 e. The molecule has 0 aromatic heterocycles. The zero-order valence-electron chi connectivity index (χ0n) is 16.4. The van der Waals surface area contributed by atoms with E-state index in [1.807, 2.05) is 40.7 Å². The number of benzene rings is 1. The van der Waals surface area contributed by atoms with Gasteiger partial charge in [0.05, 0.1) is 4.90 Å². The Morgan fingerprint density at radius 3 is 2.12 bits per heavy atom. The molecule has 1 rings (SSSR count).